The van der Waals surface area contributed by atoms with Gasteiger partial charge in [-0.15, -0.1) is 0 Å². The number of halogens is 1. The van der Waals surface area contributed by atoms with Crippen molar-refractivity contribution in [2.24, 2.45) is 0 Å². The van der Waals surface area contributed by atoms with Gasteiger partial charge in [-0.25, -0.2) is 9.78 Å². The number of amides is 3. The molecule has 3 aromatic rings. The van der Waals surface area contributed by atoms with Gasteiger partial charge in [0.25, 0.3) is 5.91 Å². The number of nitrogens with zero attached hydrogens (tertiary/aromatic N) is 3. The molecule has 0 aliphatic carbocycles. The van der Waals surface area contributed by atoms with Gasteiger partial charge in [-0.2, -0.15) is 0 Å². The molecule has 162 valence electrons. The van der Waals surface area contributed by atoms with Gasteiger partial charge < -0.3 is 15.2 Å². The predicted octanol–water partition coefficient (Wildman–Crippen LogP) is 4.61. The van der Waals surface area contributed by atoms with Gasteiger partial charge in [0, 0.05) is 42.4 Å². The Kier molecular flexibility index (Phi) is 7.61. The Morgan fingerprint density at radius 3 is 2.74 bits per heavy atom. The molecule has 3 rings (SSSR count). The number of hydrogen-bond acceptors (Lipinski definition) is 4. The zero-order valence-corrected chi connectivity index (χ0v) is 18.2. The summed E-state index contributed by atoms with van der Waals surface area (Å²) in [7, 11) is 0. The average Bonchev–Trinajstić information content (AvgIpc) is 3.15. The summed E-state index contributed by atoms with van der Waals surface area (Å²) in [5.74, 6) is 0.226. The third-order valence-corrected chi connectivity index (χ3v) is 4.82. The Morgan fingerprint density at radius 2 is 2.03 bits per heavy atom. The molecule has 0 unspecified atom stereocenters. The van der Waals surface area contributed by atoms with Crippen LogP contribution in [0.4, 0.5) is 16.3 Å². The van der Waals surface area contributed by atoms with Crippen LogP contribution in [0.3, 0.4) is 0 Å². The zero-order valence-electron chi connectivity index (χ0n) is 17.5. The van der Waals surface area contributed by atoms with Crippen LogP contribution in [0.5, 0.6) is 0 Å². The van der Waals surface area contributed by atoms with E-state index in [-0.39, 0.29) is 11.7 Å². The third kappa shape index (κ3) is 6.29. The minimum Gasteiger partial charge on any atom is -0.345 e. The van der Waals surface area contributed by atoms with Gasteiger partial charge in [0.2, 0.25) is 5.82 Å². The van der Waals surface area contributed by atoms with Gasteiger partial charge in [-0.05, 0) is 48.7 Å². The van der Waals surface area contributed by atoms with E-state index in [9.17, 15) is 9.59 Å². The summed E-state index contributed by atoms with van der Waals surface area (Å²) in [5.41, 5.74) is 2.37. The first-order chi connectivity index (χ1) is 15.0. The van der Waals surface area contributed by atoms with Crippen molar-refractivity contribution in [1.29, 1.82) is 0 Å². The Bertz CT molecular complexity index is 1050. The molecule has 0 aliphatic heterocycles. The van der Waals surface area contributed by atoms with Crippen LogP contribution in [0.2, 0.25) is 5.02 Å². The van der Waals surface area contributed by atoms with Crippen LogP contribution in [-0.4, -0.2) is 26.5 Å². The van der Waals surface area contributed by atoms with Crippen LogP contribution < -0.4 is 16.0 Å². The summed E-state index contributed by atoms with van der Waals surface area (Å²) >= 11 is 5.96. The number of nitrogens with one attached hydrogen (secondary N) is 3. The highest BCUT2D eigenvalue weighted by atomic mass is 35.5. The van der Waals surface area contributed by atoms with Crippen molar-refractivity contribution in [3.05, 3.63) is 70.9 Å². The molecule has 1 aromatic carbocycles. The van der Waals surface area contributed by atoms with Crippen molar-refractivity contribution in [2.75, 3.05) is 10.6 Å². The van der Waals surface area contributed by atoms with E-state index in [1.54, 1.807) is 41.4 Å². The molecule has 8 nitrogen and oxygen atoms in total. The van der Waals surface area contributed by atoms with E-state index in [0.717, 1.165) is 24.0 Å². The van der Waals surface area contributed by atoms with E-state index >= 15 is 0 Å². The minimum atomic E-state index is -0.451. The monoisotopic (exact) mass is 440 g/mol. The van der Waals surface area contributed by atoms with Crippen molar-refractivity contribution in [1.82, 2.24) is 19.9 Å². The molecule has 9 heteroatoms. The fraction of sp³-hybridized carbons (Fsp3) is 0.273. The second-order valence-corrected chi connectivity index (χ2v) is 7.52. The molecule has 3 amide bonds. The van der Waals surface area contributed by atoms with E-state index in [1.165, 1.54) is 0 Å². The largest absolute Gasteiger partial charge is 0.345 e. The SMILES string of the molecule is CCCCn1cc(NC(=O)Nc2ccc(Cl)cc2C)nc1C(=O)NCc1cccnc1. The number of rotatable bonds is 8. The lowest BCUT2D eigenvalue weighted by molar-refractivity contribution is 0.0936. The van der Waals surface area contributed by atoms with Gasteiger partial charge in [-0.1, -0.05) is 31.0 Å². The van der Waals surface area contributed by atoms with E-state index in [0.29, 0.717) is 29.6 Å². The number of unbranched alkanes of at least 4 members (excludes halogenated alkanes) is 1. The van der Waals surface area contributed by atoms with Crippen molar-refractivity contribution in [3.63, 3.8) is 0 Å². The molecule has 0 aliphatic rings. The Balaban J connectivity index is 1.69. The summed E-state index contributed by atoms with van der Waals surface area (Å²) in [6, 6.07) is 8.44. The van der Waals surface area contributed by atoms with Crippen LogP contribution in [0.25, 0.3) is 0 Å². The van der Waals surface area contributed by atoms with Gasteiger partial charge in [-0.3, -0.25) is 15.1 Å². The number of aryl methyl sites for hydroxylation is 2. The molecular weight excluding hydrogens is 416 g/mol. The molecule has 31 heavy (non-hydrogen) atoms. The number of benzene rings is 1. The summed E-state index contributed by atoms with van der Waals surface area (Å²) in [6.45, 7) is 4.89. The molecule has 0 saturated carbocycles. The number of pyridine rings is 1. The molecule has 0 atom stereocenters. The van der Waals surface area contributed by atoms with E-state index in [2.05, 4.69) is 32.8 Å². The molecule has 0 bridgehead atoms. The Labute approximate surface area is 186 Å². The third-order valence-electron chi connectivity index (χ3n) is 4.59. The standard InChI is InChI=1S/C22H25ClN6O2/c1-3-4-10-29-14-19(28-22(31)26-18-8-7-17(23)11-15(18)2)27-20(29)21(30)25-13-16-6-5-9-24-12-16/h5-9,11-12,14H,3-4,10,13H2,1-2H3,(H,25,30)(H2,26,28,31). The number of carbonyl (C=O) groups is 2. The second kappa shape index (κ2) is 10.6. The topological polar surface area (TPSA) is 101 Å². The van der Waals surface area contributed by atoms with Crippen LogP contribution in [0.15, 0.2) is 48.9 Å². The number of imidazole rings is 1. The van der Waals surface area contributed by atoms with Gasteiger partial charge >= 0.3 is 6.03 Å². The van der Waals surface area contributed by atoms with E-state index in [4.69, 9.17) is 11.6 Å². The maximum Gasteiger partial charge on any atom is 0.324 e. The van der Waals surface area contributed by atoms with E-state index in [1.807, 2.05) is 19.1 Å². The first kappa shape index (κ1) is 22.3. The Hall–Kier alpha value is -3.39. The number of anilines is 2. The number of aromatic nitrogens is 3. The molecule has 0 fully saturated rings. The maximum atomic E-state index is 12.7. The quantitative estimate of drug-likeness (QED) is 0.476. The highest BCUT2D eigenvalue weighted by molar-refractivity contribution is 6.30. The predicted molar refractivity (Wildman–Crippen MR) is 121 cm³/mol. The van der Waals surface area contributed by atoms with Gasteiger partial charge in [0.15, 0.2) is 5.82 Å². The minimum absolute atomic E-state index is 0.246. The fourth-order valence-electron chi connectivity index (χ4n) is 2.96. The Morgan fingerprint density at radius 1 is 1.19 bits per heavy atom. The number of carbonyl (C=O) groups excluding carboxylic acids is 2. The van der Waals surface area contributed by atoms with Gasteiger partial charge in [0.1, 0.15) is 0 Å². The molecule has 2 heterocycles. The van der Waals surface area contributed by atoms with Crippen molar-refractivity contribution < 1.29 is 9.59 Å². The average molecular weight is 441 g/mol. The highest BCUT2D eigenvalue weighted by Crippen LogP contribution is 2.20. The van der Waals surface area contributed by atoms with Crippen LogP contribution >= 0.6 is 11.6 Å². The molecular formula is C22H25ClN6O2. The lowest BCUT2D eigenvalue weighted by Crippen LogP contribution is -2.26. The number of hydrogen-bond donors (Lipinski definition) is 3. The normalized spacial score (nSPS) is 10.5. The molecule has 0 spiro atoms. The van der Waals surface area contributed by atoms with E-state index < -0.39 is 6.03 Å². The maximum absolute atomic E-state index is 12.7. The fourth-order valence-corrected chi connectivity index (χ4v) is 3.18. The van der Waals surface area contributed by atoms with Crippen molar-refractivity contribution >= 4 is 35.0 Å². The number of urea groups is 1. The summed E-state index contributed by atoms with van der Waals surface area (Å²) in [5, 5.41) is 8.91. The van der Waals surface area contributed by atoms with Crippen LogP contribution in [-0.2, 0) is 13.1 Å². The summed E-state index contributed by atoms with van der Waals surface area (Å²) in [6.07, 6.45) is 6.89. The van der Waals surface area contributed by atoms with Crippen LogP contribution in [0.1, 0.15) is 41.5 Å². The smallest absolute Gasteiger partial charge is 0.324 e. The molecule has 2 aromatic heterocycles. The second-order valence-electron chi connectivity index (χ2n) is 7.08. The summed E-state index contributed by atoms with van der Waals surface area (Å²) < 4.78 is 1.76. The lowest BCUT2D eigenvalue weighted by atomic mass is 10.2. The molecule has 0 radical (unpaired) electrons. The zero-order chi connectivity index (χ0) is 22.2. The van der Waals surface area contributed by atoms with Gasteiger partial charge in [0.05, 0.1) is 0 Å². The first-order valence-corrected chi connectivity index (χ1v) is 10.4. The highest BCUT2D eigenvalue weighted by Gasteiger charge is 2.17. The molecule has 0 saturated heterocycles. The first-order valence-electron chi connectivity index (χ1n) is 10.0. The van der Waals surface area contributed by atoms with Crippen molar-refractivity contribution in [3.8, 4) is 0 Å². The van der Waals surface area contributed by atoms with Crippen LogP contribution in [0, 0.1) is 6.92 Å². The molecule has 3 N–H and O–H groups in total. The summed E-state index contributed by atoms with van der Waals surface area (Å²) in [4.78, 5) is 33.5. The lowest BCUT2D eigenvalue weighted by Gasteiger charge is -2.08. The van der Waals surface area contributed by atoms with Crippen molar-refractivity contribution in [2.45, 2.75) is 39.8 Å².